The lowest BCUT2D eigenvalue weighted by atomic mass is 10.2. The third kappa shape index (κ3) is 4.67. The van der Waals surface area contributed by atoms with Gasteiger partial charge in [0.1, 0.15) is 0 Å². The van der Waals surface area contributed by atoms with Crippen molar-refractivity contribution in [2.75, 3.05) is 36.9 Å². The highest BCUT2D eigenvalue weighted by Gasteiger charge is 2.16. The summed E-state index contributed by atoms with van der Waals surface area (Å²) in [5, 5.41) is 11.8. The van der Waals surface area contributed by atoms with E-state index in [1.54, 1.807) is 4.90 Å². The average Bonchev–Trinajstić information content (AvgIpc) is 2.51. The van der Waals surface area contributed by atoms with E-state index in [2.05, 4.69) is 23.2 Å². The minimum absolute atomic E-state index is 0.170. The third-order valence-corrected chi connectivity index (χ3v) is 3.41. The van der Waals surface area contributed by atoms with Gasteiger partial charge in [-0.2, -0.15) is 5.26 Å². The van der Waals surface area contributed by atoms with E-state index >= 15 is 0 Å². The Balaban J connectivity index is 2.85. The zero-order valence-corrected chi connectivity index (χ0v) is 13.3. The lowest BCUT2D eigenvalue weighted by Gasteiger charge is -2.25. The van der Waals surface area contributed by atoms with Gasteiger partial charge in [0.05, 0.1) is 23.4 Å². The monoisotopic (exact) mass is 288 g/mol. The Morgan fingerprint density at radius 2 is 2.00 bits per heavy atom. The molecule has 0 bridgehead atoms. The van der Waals surface area contributed by atoms with Crippen molar-refractivity contribution in [3.8, 4) is 6.07 Å². The van der Waals surface area contributed by atoms with Crippen molar-refractivity contribution in [3.63, 3.8) is 0 Å². The number of carbonyl (C=O) groups excluding carboxylic acids is 1. The van der Waals surface area contributed by atoms with Crippen LogP contribution in [-0.2, 0) is 0 Å². The number of rotatable bonds is 6. The second kappa shape index (κ2) is 8.15. The number of urea groups is 1. The summed E-state index contributed by atoms with van der Waals surface area (Å²) in [4.78, 5) is 16.1. The SMILES string of the molecule is CCN(C[C@H](C)C#N)C(=O)Nc1ccccc1N(C)CC. The fourth-order valence-corrected chi connectivity index (χ4v) is 2.00. The molecule has 1 N–H and O–H groups in total. The Hall–Kier alpha value is -2.22. The second-order valence-corrected chi connectivity index (χ2v) is 5.03. The van der Waals surface area contributed by atoms with Crippen LogP contribution in [0.15, 0.2) is 24.3 Å². The van der Waals surface area contributed by atoms with E-state index in [0.29, 0.717) is 13.1 Å². The lowest BCUT2D eigenvalue weighted by Crippen LogP contribution is -2.38. The van der Waals surface area contributed by atoms with Crippen molar-refractivity contribution in [3.05, 3.63) is 24.3 Å². The summed E-state index contributed by atoms with van der Waals surface area (Å²) in [7, 11) is 1.99. The zero-order valence-electron chi connectivity index (χ0n) is 13.3. The number of hydrogen-bond donors (Lipinski definition) is 1. The number of carbonyl (C=O) groups is 1. The molecule has 0 saturated heterocycles. The molecule has 0 aliphatic heterocycles. The van der Waals surface area contributed by atoms with Crippen molar-refractivity contribution in [2.24, 2.45) is 5.92 Å². The van der Waals surface area contributed by atoms with Crippen molar-refractivity contribution < 1.29 is 4.79 Å². The minimum atomic E-state index is -0.177. The maximum Gasteiger partial charge on any atom is 0.321 e. The molecule has 21 heavy (non-hydrogen) atoms. The van der Waals surface area contributed by atoms with Crippen LogP contribution in [0.25, 0.3) is 0 Å². The van der Waals surface area contributed by atoms with E-state index in [9.17, 15) is 4.79 Å². The zero-order chi connectivity index (χ0) is 15.8. The van der Waals surface area contributed by atoms with Gasteiger partial charge in [-0.25, -0.2) is 4.79 Å². The molecule has 5 nitrogen and oxygen atoms in total. The standard InChI is InChI=1S/C16H24N4O/c1-5-19(4)15-10-8-7-9-14(15)18-16(21)20(6-2)12-13(3)11-17/h7-10,13H,5-6,12H2,1-4H3,(H,18,21)/t13-/m1/s1. The van der Waals surface area contributed by atoms with E-state index in [1.165, 1.54) is 0 Å². The van der Waals surface area contributed by atoms with Crippen LogP contribution in [0.1, 0.15) is 20.8 Å². The van der Waals surface area contributed by atoms with Crippen LogP contribution >= 0.6 is 0 Å². The van der Waals surface area contributed by atoms with Gasteiger partial charge < -0.3 is 15.1 Å². The van der Waals surface area contributed by atoms with Crippen LogP contribution in [-0.4, -0.2) is 37.6 Å². The highest BCUT2D eigenvalue weighted by Crippen LogP contribution is 2.24. The lowest BCUT2D eigenvalue weighted by molar-refractivity contribution is 0.210. The average molecular weight is 288 g/mol. The van der Waals surface area contributed by atoms with E-state index in [-0.39, 0.29) is 11.9 Å². The predicted molar refractivity (Wildman–Crippen MR) is 86.4 cm³/mol. The van der Waals surface area contributed by atoms with Gasteiger partial charge in [0.2, 0.25) is 0 Å². The molecule has 0 aliphatic rings. The second-order valence-electron chi connectivity index (χ2n) is 5.03. The van der Waals surface area contributed by atoms with Crippen LogP contribution in [0.5, 0.6) is 0 Å². The van der Waals surface area contributed by atoms with Gasteiger partial charge in [-0.1, -0.05) is 12.1 Å². The highest BCUT2D eigenvalue weighted by molar-refractivity contribution is 5.93. The Kier molecular flexibility index (Phi) is 6.54. The number of nitriles is 1. The summed E-state index contributed by atoms with van der Waals surface area (Å²) >= 11 is 0. The first-order valence-electron chi connectivity index (χ1n) is 7.29. The molecule has 0 fully saturated rings. The van der Waals surface area contributed by atoms with Crippen LogP contribution in [0.4, 0.5) is 16.2 Å². The first kappa shape index (κ1) is 16.8. The molecule has 0 unspecified atom stereocenters. The summed E-state index contributed by atoms with van der Waals surface area (Å²) in [5.74, 6) is -0.177. The van der Waals surface area contributed by atoms with E-state index in [0.717, 1.165) is 17.9 Å². The molecule has 0 heterocycles. The molecule has 0 spiro atoms. The largest absolute Gasteiger partial charge is 0.373 e. The quantitative estimate of drug-likeness (QED) is 0.874. The van der Waals surface area contributed by atoms with E-state index in [1.807, 2.05) is 45.2 Å². The normalized spacial score (nSPS) is 11.4. The Morgan fingerprint density at radius 1 is 1.33 bits per heavy atom. The van der Waals surface area contributed by atoms with Gasteiger partial charge in [0.25, 0.3) is 0 Å². The number of para-hydroxylation sites is 2. The molecular formula is C16H24N4O. The molecule has 1 aromatic carbocycles. The van der Waals surface area contributed by atoms with Gasteiger partial charge in [-0.15, -0.1) is 0 Å². The summed E-state index contributed by atoms with van der Waals surface area (Å²) in [5.41, 5.74) is 1.77. The Bertz CT molecular complexity index is 509. The van der Waals surface area contributed by atoms with Gasteiger partial charge >= 0.3 is 6.03 Å². The summed E-state index contributed by atoms with van der Waals surface area (Å²) in [6.07, 6.45) is 0. The summed E-state index contributed by atoms with van der Waals surface area (Å²) < 4.78 is 0. The van der Waals surface area contributed by atoms with Crippen molar-refractivity contribution in [1.82, 2.24) is 4.90 Å². The number of hydrogen-bond acceptors (Lipinski definition) is 3. The van der Waals surface area contributed by atoms with Gasteiger partial charge in [-0.05, 0) is 32.9 Å². The first-order chi connectivity index (χ1) is 10.0. The van der Waals surface area contributed by atoms with Crippen molar-refractivity contribution in [1.29, 1.82) is 5.26 Å². The number of nitrogens with one attached hydrogen (secondary N) is 1. The van der Waals surface area contributed by atoms with Crippen molar-refractivity contribution in [2.45, 2.75) is 20.8 Å². The van der Waals surface area contributed by atoms with Crippen LogP contribution in [0.2, 0.25) is 0 Å². The fraction of sp³-hybridized carbons (Fsp3) is 0.500. The third-order valence-electron chi connectivity index (χ3n) is 3.41. The molecule has 2 amide bonds. The maximum atomic E-state index is 12.3. The van der Waals surface area contributed by atoms with Gasteiger partial charge in [0.15, 0.2) is 0 Å². The molecular weight excluding hydrogens is 264 g/mol. The van der Waals surface area contributed by atoms with Crippen molar-refractivity contribution >= 4 is 17.4 Å². The van der Waals surface area contributed by atoms with Gasteiger partial charge in [-0.3, -0.25) is 0 Å². The number of benzene rings is 1. The highest BCUT2D eigenvalue weighted by atomic mass is 16.2. The number of amides is 2. The van der Waals surface area contributed by atoms with E-state index < -0.39 is 0 Å². The fourth-order valence-electron chi connectivity index (χ4n) is 2.00. The number of anilines is 2. The Labute approximate surface area is 127 Å². The van der Waals surface area contributed by atoms with Crippen LogP contribution < -0.4 is 10.2 Å². The summed E-state index contributed by atoms with van der Waals surface area (Å²) in [6.45, 7) is 7.65. The van der Waals surface area contributed by atoms with E-state index in [4.69, 9.17) is 5.26 Å². The van der Waals surface area contributed by atoms with Crippen LogP contribution in [0.3, 0.4) is 0 Å². The van der Waals surface area contributed by atoms with Crippen LogP contribution in [0, 0.1) is 17.2 Å². The first-order valence-corrected chi connectivity index (χ1v) is 7.29. The predicted octanol–water partition coefficient (Wildman–Crippen LogP) is 3.16. The molecule has 0 radical (unpaired) electrons. The maximum absolute atomic E-state index is 12.3. The molecule has 0 aliphatic carbocycles. The molecule has 0 aromatic heterocycles. The topological polar surface area (TPSA) is 59.4 Å². The molecule has 1 aromatic rings. The smallest absolute Gasteiger partial charge is 0.321 e. The molecule has 5 heteroatoms. The molecule has 1 rings (SSSR count). The molecule has 1 atom stereocenters. The number of nitrogens with zero attached hydrogens (tertiary/aromatic N) is 3. The molecule has 114 valence electrons. The molecule has 0 saturated carbocycles. The van der Waals surface area contributed by atoms with Gasteiger partial charge in [0, 0.05) is 26.7 Å². The minimum Gasteiger partial charge on any atom is -0.373 e. The Morgan fingerprint density at radius 3 is 2.57 bits per heavy atom. The summed E-state index contributed by atoms with van der Waals surface area (Å²) in [6, 6.07) is 9.71.